The van der Waals surface area contributed by atoms with Crippen LogP contribution in [0.4, 0.5) is 11.4 Å². The number of hydrogen-bond acceptors (Lipinski definition) is 7. The molecule has 0 bridgehead atoms. The Morgan fingerprint density at radius 1 is 1.28 bits per heavy atom. The first-order valence-electron chi connectivity index (χ1n) is 8.97. The minimum atomic E-state index is -0.666. The van der Waals surface area contributed by atoms with Crippen molar-refractivity contribution in [2.24, 2.45) is 0 Å². The maximum Gasteiger partial charge on any atom is 0.359 e. The molecule has 3 aromatic rings. The highest BCUT2D eigenvalue weighted by atomic mass is 16.5. The van der Waals surface area contributed by atoms with Crippen molar-refractivity contribution in [1.29, 1.82) is 5.26 Å². The van der Waals surface area contributed by atoms with Crippen LogP contribution < -0.4 is 10.9 Å². The molecule has 8 heteroatoms. The van der Waals surface area contributed by atoms with Crippen LogP contribution >= 0.6 is 0 Å². The lowest BCUT2D eigenvalue weighted by molar-refractivity contribution is 0.0462. The van der Waals surface area contributed by atoms with Gasteiger partial charge in [-0.15, -0.1) is 0 Å². The van der Waals surface area contributed by atoms with E-state index in [0.29, 0.717) is 23.4 Å². The second kappa shape index (κ2) is 8.80. The molecule has 0 atom stereocenters. The zero-order valence-corrected chi connectivity index (χ0v) is 16.0. The molecule has 0 aliphatic rings. The number of hydrogen-bond donors (Lipinski definition) is 1. The van der Waals surface area contributed by atoms with Gasteiger partial charge in [0.25, 0.3) is 5.56 Å². The molecule has 0 aliphatic heterocycles. The zero-order chi connectivity index (χ0) is 20.8. The van der Waals surface area contributed by atoms with E-state index in [1.807, 2.05) is 19.1 Å². The molecule has 0 saturated carbocycles. The van der Waals surface area contributed by atoms with Gasteiger partial charge in [0.05, 0.1) is 23.5 Å². The van der Waals surface area contributed by atoms with Crippen LogP contribution in [0.1, 0.15) is 34.1 Å². The van der Waals surface area contributed by atoms with Crippen molar-refractivity contribution >= 4 is 17.3 Å². The third-order valence-corrected chi connectivity index (χ3v) is 4.22. The second-order valence-corrected chi connectivity index (χ2v) is 6.27. The van der Waals surface area contributed by atoms with Crippen LogP contribution in [0.2, 0.25) is 0 Å². The van der Waals surface area contributed by atoms with Gasteiger partial charge in [-0.3, -0.25) is 9.78 Å². The lowest BCUT2D eigenvalue weighted by atomic mass is 10.1. The van der Waals surface area contributed by atoms with E-state index in [9.17, 15) is 9.59 Å². The molecule has 2 aromatic heterocycles. The third kappa shape index (κ3) is 4.65. The van der Waals surface area contributed by atoms with Gasteiger partial charge in [0.15, 0.2) is 5.69 Å². The Morgan fingerprint density at radius 2 is 2.10 bits per heavy atom. The van der Waals surface area contributed by atoms with Crippen molar-refractivity contribution in [3.8, 4) is 6.07 Å². The van der Waals surface area contributed by atoms with Crippen molar-refractivity contribution in [2.45, 2.75) is 27.0 Å². The lowest BCUT2D eigenvalue weighted by Crippen LogP contribution is -2.27. The summed E-state index contributed by atoms with van der Waals surface area (Å²) in [6.45, 7) is 3.93. The van der Waals surface area contributed by atoms with Gasteiger partial charge in [0.1, 0.15) is 12.3 Å². The van der Waals surface area contributed by atoms with E-state index in [1.54, 1.807) is 43.6 Å². The van der Waals surface area contributed by atoms with Gasteiger partial charge in [0, 0.05) is 18.8 Å². The Morgan fingerprint density at radius 3 is 2.83 bits per heavy atom. The molecule has 0 aliphatic carbocycles. The van der Waals surface area contributed by atoms with Crippen LogP contribution in [-0.4, -0.2) is 20.7 Å². The molecule has 146 valence electrons. The number of nitrogens with one attached hydrogen (secondary N) is 1. The number of nitriles is 1. The molecule has 0 saturated heterocycles. The van der Waals surface area contributed by atoms with Crippen LogP contribution in [0.3, 0.4) is 0 Å². The summed E-state index contributed by atoms with van der Waals surface area (Å²) in [5.74, 6) is -0.666. The highest BCUT2D eigenvalue weighted by molar-refractivity contribution is 5.88. The molecule has 1 aromatic carbocycles. The molecular formula is C21H19N5O3. The standard InChI is InChI=1S/C21H19N5O3/c1-3-26-20(27)17(24-19-12-23-8-7-14(19)2)10-18(25-26)21(28)29-13-16-6-4-5-15(9-16)11-22/h4-10,12,24H,3,13H2,1-2H3. The molecule has 0 fully saturated rings. The van der Waals surface area contributed by atoms with E-state index in [2.05, 4.69) is 15.4 Å². The predicted octanol–water partition coefficient (Wildman–Crippen LogP) is 2.94. The van der Waals surface area contributed by atoms with Gasteiger partial charge in [-0.1, -0.05) is 12.1 Å². The Balaban J connectivity index is 1.84. The smallest absolute Gasteiger partial charge is 0.359 e. The fraction of sp³-hybridized carbons (Fsp3) is 0.190. The summed E-state index contributed by atoms with van der Waals surface area (Å²) < 4.78 is 6.51. The largest absolute Gasteiger partial charge is 0.456 e. The van der Waals surface area contributed by atoms with Gasteiger partial charge in [-0.05, 0) is 43.2 Å². The van der Waals surface area contributed by atoms with Crippen LogP contribution in [0.15, 0.2) is 53.6 Å². The number of anilines is 2. The lowest BCUT2D eigenvalue weighted by Gasteiger charge is -2.12. The summed E-state index contributed by atoms with van der Waals surface area (Å²) in [4.78, 5) is 29.1. The average molecular weight is 389 g/mol. The number of rotatable bonds is 6. The van der Waals surface area contributed by atoms with Crippen molar-refractivity contribution < 1.29 is 9.53 Å². The van der Waals surface area contributed by atoms with Crippen LogP contribution in [0.5, 0.6) is 0 Å². The molecule has 0 spiro atoms. The van der Waals surface area contributed by atoms with E-state index in [4.69, 9.17) is 10.00 Å². The quantitative estimate of drug-likeness (QED) is 0.645. The first-order chi connectivity index (χ1) is 14.0. The maximum atomic E-state index is 12.6. The van der Waals surface area contributed by atoms with Crippen molar-refractivity contribution in [3.05, 3.63) is 81.5 Å². The average Bonchev–Trinajstić information content (AvgIpc) is 2.75. The topological polar surface area (TPSA) is 110 Å². The summed E-state index contributed by atoms with van der Waals surface area (Å²) in [6, 6.07) is 12.0. The van der Waals surface area contributed by atoms with Crippen LogP contribution in [0, 0.1) is 18.3 Å². The highest BCUT2D eigenvalue weighted by Crippen LogP contribution is 2.17. The Hall–Kier alpha value is -3.99. The maximum absolute atomic E-state index is 12.6. The summed E-state index contributed by atoms with van der Waals surface area (Å²) in [6.07, 6.45) is 3.26. The van der Waals surface area contributed by atoms with E-state index in [1.165, 1.54) is 10.7 Å². The number of aromatic nitrogens is 3. The number of ether oxygens (including phenoxy) is 1. The fourth-order valence-electron chi connectivity index (χ4n) is 2.64. The Bertz CT molecular complexity index is 1150. The Labute approximate surface area is 167 Å². The molecule has 0 unspecified atom stereocenters. The van der Waals surface area contributed by atoms with Gasteiger partial charge in [0.2, 0.25) is 0 Å². The van der Waals surface area contributed by atoms with E-state index in [0.717, 1.165) is 5.56 Å². The van der Waals surface area contributed by atoms with Crippen LogP contribution in [0.25, 0.3) is 0 Å². The molecule has 2 heterocycles. The number of carbonyl (C=O) groups is 1. The predicted molar refractivity (Wildman–Crippen MR) is 107 cm³/mol. The molecule has 0 radical (unpaired) electrons. The molecule has 29 heavy (non-hydrogen) atoms. The first-order valence-corrected chi connectivity index (χ1v) is 8.97. The van der Waals surface area contributed by atoms with E-state index >= 15 is 0 Å². The van der Waals surface area contributed by atoms with Crippen molar-refractivity contribution in [1.82, 2.24) is 14.8 Å². The van der Waals surface area contributed by atoms with Crippen molar-refractivity contribution in [2.75, 3.05) is 5.32 Å². The number of carbonyl (C=O) groups excluding carboxylic acids is 1. The fourth-order valence-corrected chi connectivity index (χ4v) is 2.64. The Kier molecular flexibility index (Phi) is 6.00. The van der Waals surface area contributed by atoms with Gasteiger partial charge in [-0.25, -0.2) is 9.48 Å². The van der Waals surface area contributed by atoms with E-state index < -0.39 is 5.97 Å². The number of pyridine rings is 1. The number of nitrogens with zero attached hydrogens (tertiary/aromatic N) is 4. The van der Waals surface area contributed by atoms with Crippen molar-refractivity contribution in [3.63, 3.8) is 0 Å². The minimum Gasteiger partial charge on any atom is -0.456 e. The highest BCUT2D eigenvalue weighted by Gasteiger charge is 2.16. The monoisotopic (exact) mass is 389 g/mol. The van der Waals surface area contributed by atoms with Crippen LogP contribution in [-0.2, 0) is 17.9 Å². The number of benzene rings is 1. The molecule has 3 rings (SSSR count). The summed E-state index contributed by atoms with van der Waals surface area (Å²) in [5.41, 5.74) is 2.59. The SMILES string of the molecule is CCn1nc(C(=O)OCc2cccc(C#N)c2)cc(Nc2cnccc2C)c1=O. The number of esters is 1. The minimum absolute atomic E-state index is 0.00642. The summed E-state index contributed by atoms with van der Waals surface area (Å²) in [7, 11) is 0. The van der Waals surface area contributed by atoms with Gasteiger partial charge in [-0.2, -0.15) is 10.4 Å². The zero-order valence-electron chi connectivity index (χ0n) is 16.0. The van der Waals surface area contributed by atoms with E-state index in [-0.39, 0.29) is 23.5 Å². The third-order valence-electron chi connectivity index (χ3n) is 4.22. The molecular weight excluding hydrogens is 370 g/mol. The summed E-state index contributed by atoms with van der Waals surface area (Å²) >= 11 is 0. The first kappa shape index (κ1) is 19.8. The molecule has 8 nitrogen and oxygen atoms in total. The van der Waals surface area contributed by atoms with Gasteiger partial charge >= 0.3 is 5.97 Å². The number of aryl methyl sites for hydroxylation is 2. The molecule has 0 amide bonds. The second-order valence-electron chi connectivity index (χ2n) is 6.27. The van der Waals surface area contributed by atoms with Gasteiger partial charge < -0.3 is 10.1 Å². The summed E-state index contributed by atoms with van der Waals surface area (Å²) in [5, 5.41) is 16.1. The normalized spacial score (nSPS) is 10.2. The molecule has 1 N–H and O–H groups in total.